The molecule has 1 heterocycles. The van der Waals surface area contributed by atoms with Crippen molar-refractivity contribution in [1.29, 1.82) is 0 Å². The van der Waals surface area contributed by atoms with Crippen molar-refractivity contribution in [3.63, 3.8) is 0 Å². The third-order valence-electron chi connectivity index (χ3n) is 2.25. The van der Waals surface area contributed by atoms with E-state index in [1.54, 1.807) is 7.05 Å². The van der Waals surface area contributed by atoms with Crippen molar-refractivity contribution in [3.05, 3.63) is 0 Å². The van der Waals surface area contributed by atoms with Gasteiger partial charge >= 0.3 is 0 Å². The molecule has 1 rings (SSSR count). The van der Waals surface area contributed by atoms with E-state index in [2.05, 4.69) is 5.32 Å². The highest BCUT2D eigenvalue weighted by atomic mass is 16.5. The van der Waals surface area contributed by atoms with Crippen molar-refractivity contribution in [2.45, 2.75) is 38.0 Å². The Kier molecular flexibility index (Phi) is 3.05. The van der Waals surface area contributed by atoms with E-state index >= 15 is 0 Å². The van der Waals surface area contributed by atoms with Crippen molar-refractivity contribution in [1.82, 2.24) is 5.32 Å². The highest BCUT2D eigenvalue weighted by Gasteiger charge is 2.31. The van der Waals surface area contributed by atoms with Gasteiger partial charge in [0.15, 0.2) is 0 Å². The molecule has 1 aliphatic heterocycles. The maximum atomic E-state index is 10.9. The van der Waals surface area contributed by atoms with Gasteiger partial charge in [-0.2, -0.15) is 0 Å². The van der Waals surface area contributed by atoms with Crippen LogP contribution < -0.4 is 11.1 Å². The lowest BCUT2D eigenvalue weighted by atomic mass is 10.1. The van der Waals surface area contributed by atoms with Gasteiger partial charge in [0.05, 0.1) is 12.2 Å². The van der Waals surface area contributed by atoms with Gasteiger partial charge in [0, 0.05) is 0 Å². The van der Waals surface area contributed by atoms with Crippen LogP contribution in [0.2, 0.25) is 0 Å². The third-order valence-corrected chi connectivity index (χ3v) is 2.25. The second-order valence-corrected chi connectivity index (χ2v) is 3.23. The number of hydrogen-bond acceptors (Lipinski definition) is 3. The van der Waals surface area contributed by atoms with Gasteiger partial charge in [0.1, 0.15) is 6.04 Å². The number of carbonyl (C=O) groups excluding carboxylic acids is 1. The smallest absolute Gasteiger partial charge is 0.237 e. The van der Waals surface area contributed by atoms with Gasteiger partial charge in [0.25, 0.3) is 0 Å². The van der Waals surface area contributed by atoms with Crippen LogP contribution in [0, 0.1) is 0 Å². The molecule has 0 spiro atoms. The average molecular weight is 172 g/mol. The fourth-order valence-corrected chi connectivity index (χ4v) is 1.59. The topological polar surface area (TPSA) is 64.3 Å². The van der Waals surface area contributed by atoms with Crippen molar-refractivity contribution >= 4 is 5.91 Å². The summed E-state index contributed by atoms with van der Waals surface area (Å²) in [6.45, 7) is 2.01. The molecule has 3 N–H and O–H groups in total. The maximum Gasteiger partial charge on any atom is 0.237 e. The van der Waals surface area contributed by atoms with Gasteiger partial charge in [-0.25, -0.2) is 0 Å². The summed E-state index contributed by atoms with van der Waals surface area (Å²) in [6, 6.07) is -0.338. The summed E-state index contributed by atoms with van der Waals surface area (Å²) in [6.07, 6.45) is 2.14. The van der Waals surface area contributed by atoms with Gasteiger partial charge in [-0.1, -0.05) is 0 Å². The van der Waals surface area contributed by atoms with Crippen LogP contribution in [0.4, 0.5) is 0 Å². The normalized spacial score (nSPS) is 31.8. The number of rotatable bonds is 3. The standard InChI is InChI=1S/C8H16N2O2/c1-5-3-4-6(12-5)7(10-2)8(9)11/h5-7,10H,3-4H2,1-2H3,(H2,9,11). The van der Waals surface area contributed by atoms with Gasteiger partial charge < -0.3 is 15.8 Å². The Bertz CT molecular complexity index is 172. The molecule has 1 fully saturated rings. The number of nitrogens with one attached hydrogen (secondary N) is 1. The number of carbonyl (C=O) groups is 1. The van der Waals surface area contributed by atoms with Crippen molar-refractivity contribution < 1.29 is 9.53 Å². The zero-order valence-electron chi connectivity index (χ0n) is 7.54. The lowest BCUT2D eigenvalue weighted by molar-refractivity contribution is -0.123. The molecule has 0 radical (unpaired) electrons. The Labute approximate surface area is 72.5 Å². The molecule has 4 heteroatoms. The molecule has 1 amide bonds. The summed E-state index contributed by atoms with van der Waals surface area (Å²) < 4.78 is 5.51. The van der Waals surface area contributed by atoms with E-state index in [0.717, 1.165) is 12.8 Å². The molecule has 0 aromatic heterocycles. The lowest BCUT2D eigenvalue weighted by Gasteiger charge is -2.19. The van der Waals surface area contributed by atoms with Crippen LogP contribution in [0.5, 0.6) is 0 Å². The number of hydrogen-bond donors (Lipinski definition) is 2. The Morgan fingerprint density at radius 3 is 2.67 bits per heavy atom. The highest BCUT2D eigenvalue weighted by Crippen LogP contribution is 2.21. The molecule has 12 heavy (non-hydrogen) atoms. The van der Waals surface area contributed by atoms with E-state index in [9.17, 15) is 4.79 Å². The predicted molar refractivity (Wildman–Crippen MR) is 45.6 cm³/mol. The molecule has 0 aromatic rings. The first-order chi connectivity index (χ1) is 5.65. The highest BCUT2D eigenvalue weighted by molar-refractivity contribution is 5.80. The largest absolute Gasteiger partial charge is 0.373 e. The monoisotopic (exact) mass is 172 g/mol. The molecule has 3 atom stereocenters. The quantitative estimate of drug-likeness (QED) is 0.610. The van der Waals surface area contributed by atoms with Crippen LogP contribution in [-0.4, -0.2) is 31.2 Å². The molecule has 70 valence electrons. The average Bonchev–Trinajstić information content (AvgIpc) is 2.37. The first-order valence-corrected chi connectivity index (χ1v) is 4.27. The zero-order valence-corrected chi connectivity index (χ0v) is 7.54. The summed E-state index contributed by atoms with van der Waals surface area (Å²) in [5.41, 5.74) is 5.19. The predicted octanol–water partition coefficient (Wildman–Crippen LogP) is -0.373. The van der Waals surface area contributed by atoms with Gasteiger partial charge in [-0.15, -0.1) is 0 Å². The minimum atomic E-state index is -0.338. The molecule has 1 aliphatic rings. The lowest BCUT2D eigenvalue weighted by Crippen LogP contribution is -2.47. The van der Waals surface area contributed by atoms with E-state index in [4.69, 9.17) is 10.5 Å². The summed E-state index contributed by atoms with van der Waals surface area (Å²) in [5, 5.41) is 2.86. The fraction of sp³-hybridized carbons (Fsp3) is 0.875. The molecule has 0 bridgehead atoms. The number of amides is 1. The molecular weight excluding hydrogens is 156 g/mol. The van der Waals surface area contributed by atoms with Crippen molar-refractivity contribution in [3.8, 4) is 0 Å². The maximum absolute atomic E-state index is 10.9. The molecule has 3 unspecified atom stereocenters. The van der Waals surface area contributed by atoms with Crippen molar-refractivity contribution in [2.75, 3.05) is 7.05 Å². The first-order valence-electron chi connectivity index (χ1n) is 4.27. The molecular formula is C8H16N2O2. The van der Waals surface area contributed by atoms with Gasteiger partial charge in [-0.05, 0) is 26.8 Å². The first kappa shape index (κ1) is 9.48. The number of nitrogens with two attached hydrogens (primary N) is 1. The van der Waals surface area contributed by atoms with Crippen LogP contribution in [0.3, 0.4) is 0 Å². The number of likely N-dealkylation sites (N-methyl/N-ethyl adjacent to an activating group) is 1. The summed E-state index contributed by atoms with van der Waals surface area (Å²) in [5.74, 6) is -0.336. The fourth-order valence-electron chi connectivity index (χ4n) is 1.59. The molecule has 4 nitrogen and oxygen atoms in total. The molecule has 0 aromatic carbocycles. The Morgan fingerprint density at radius 1 is 1.67 bits per heavy atom. The second kappa shape index (κ2) is 3.87. The van der Waals surface area contributed by atoms with Crippen LogP contribution in [0.15, 0.2) is 0 Å². The molecule has 0 saturated carbocycles. The Morgan fingerprint density at radius 2 is 2.33 bits per heavy atom. The minimum absolute atomic E-state index is 0.0394. The van der Waals surface area contributed by atoms with E-state index < -0.39 is 0 Å². The summed E-state index contributed by atoms with van der Waals surface area (Å²) >= 11 is 0. The zero-order chi connectivity index (χ0) is 9.14. The summed E-state index contributed by atoms with van der Waals surface area (Å²) in [7, 11) is 1.72. The SMILES string of the molecule is CNC(C(N)=O)C1CCC(C)O1. The minimum Gasteiger partial charge on any atom is -0.373 e. The van der Waals surface area contributed by atoms with E-state index in [1.807, 2.05) is 6.92 Å². The van der Waals surface area contributed by atoms with Gasteiger partial charge in [0.2, 0.25) is 5.91 Å². The Hall–Kier alpha value is -0.610. The van der Waals surface area contributed by atoms with E-state index in [-0.39, 0.29) is 24.2 Å². The van der Waals surface area contributed by atoms with Gasteiger partial charge in [-0.3, -0.25) is 4.79 Å². The van der Waals surface area contributed by atoms with E-state index in [0.29, 0.717) is 0 Å². The summed E-state index contributed by atoms with van der Waals surface area (Å²) in [4.78, 5) is 10.9. The number of ether oxygens (including phenoxy) is 1. The van der Waals surface area contributed by atoms with Crippen LogP contribution in [0.1, 0.15) is 19.8 Å². The van der Waals surface area contributed by atoms with Crippen molar-refractivity contribution in [2.24, 2.45) is 5.73 Å². The Balaban J connectivity index is 2.49. The van der Waals surface area contributed by atoms with Crippen LogP contribution >= 0.6 is 0 Å². The third kappa shape index (κ3) is 1.95. The molecule has 0 aliphatic carbocycles. The molecule has 1 saturated heterocycles. The van der Waals surface area contributed by atoms with Crippen LogP contribution in [-0.2, 0) is 9.53 Å². The second-order valence-electron chi connectivity index (χ2n) is 3.23. The van der Waals surface area contributed by atoms with Crippen LogP contribution in [0.25, 0.3) is 0 Å². The number of primary amides is 1. The van der Waals surface area contributed by atoms with E-state index in [1.165, 1.54) is 0 Å².